The Kier molecular flexibility index (Phi) is 5.23. The third-order valence-corrected chi connectivity index (χ3v) is 3.32. The number of aromatic nitrogens is 2. The van der Waals surface area contributed by atoms with Gasteiger partial charge < -0.3 is 9.30 Å². The number of unbranched alkanes of at least 4 members (excludes halogenated alkanes) is 1. The number of hydrogen-bond donors (Lipinski definition) is 0. The first kappa shape index (κ1) is 14.4. The number of fused-ring (bicyclic) bond motifs is 1. The standard InChI is InChI=1S/C15H21ClN2O/c1-12(2)19-10-6-5-9-18-14-8-4-3-7-13(14)17-15(18)11-16/h3-4,7-8,12H,5-6,9-11H2,1-2H3. The highest BCUT2D eigenvalue weighted by Gasteiger charge is 2.08. The smallest absolute Gasteiger partial charge is 0.124 e. The van der Waals surface area contributed by atoms with Gasteiger partial charge in [0.1, 0.15) is 5.82 Å². The van der Waals surface area contributed by atoms with Crippen LogP contribution in [0.3, 0.4) is 0 Å². The average Bonchev–Trinajstić information content (AvgIpc) is 2.76. The minimum atomic E-state index is 0.312. The normalized spacial score (nSPS) is 11.6. The molecule has 0 aliphatic carbocycles. The van der Waals surface area contributed by atoms with Crippen LogP contribution in [0.5, 0.6) is 0 Å². The molecule has 1 aromatic carbocycles. The second kappa shape index (κ2) is 6.92. The van der Waals surface area contributed by atoms with Crippen LogP contribution in [0.4, 0.5) is 0 Å². The third-order valence-electron chi connectivity index (χ3n) is 3.08. The monoisotopic (exact) mass is 280 g/mol. The number of rotatable bonds is 7. The Morgan fingerprint density at radius 1 is 1.26 bits per heavy atom. The molecule has 0 aliphatic rings. The molecule has 0 atom stereocenters. The van der Waals surface area contributed by atoms with Gasteiger partial charge >= 0.3 is 0 Å². The molecule has 2 aromatic rings. The molecule has 4 heteroatoms. The van der Waals surface area contributed by atoms with Crippen molar-refractivity contribution < 1.29 is 4.74 Å². The van der Waals surface area contributed by atoms with Gasteiger partial charge in [-0.05, 0) is 38.8 Å². The lowest BCUT2D eigenvalue weighted by Crippen LogP contribution is -2.06. The predicted molar refractivity (Wildman–Crippen MR) is 79.6 cm³/mol. The van der Waals surface area contributed by atoms with E-state index in [0.29, 0.717) is 12.0 Å². The fraction of sp³-hybridized carbons (Fsp3) is 0.533. The number of para-hydroxylation sites is 2. The van der Waals surface area contributed by atoms with Crippen LogP contribution in [0.2, 0.25) is 0 Å². The summed E-state index contributed by atoms with van der Waals surface area (Å²) in [5.41, 5.74) is 2.19. The number of benzene rings is 1. The fourth-order valence-electron chi connectivity index (χ4n) is 2.17. The Balaban J connectivity index is 1.99. The van der Waals surface area contributed by atoms with Crippen molar-refractivity contribution in [1.82, 2.24) is 9.55 Å². The van der Waals surface area contributed by atoms with Crippen LogP contribution in [-0.2, 0) is 17.2 Å². The summed E-state index contributed by atoms with van der Waals surface area (Å²) in [6.07, 6.45) is 2.45. The molecule has 1 heterocycles. The summed E-state index contributed by atoms with van der Waals surface area (Å²) >= 11 is 5.98. The van der Waals surface area contributed by atoms with Crippen molar-refractivity contribution in [2.45, 2.75) is 45.2 Å². The number of aryl methyl sites for hydroxylation is 1. The molecule has 2 rings (SSSR count). The van der Waals surface area contributed by atoms with Gasteiger partial charge in [0.25, 0.3) is 0 Å². The van der Waals surface area contributed by atoms with Crippen molar-refractivity contribution >= 4 is 22.6 Å². The summed E-state index contributed by atoms with van der Waals surface area (Å²) in [4.78, 5) is 4.56. The van der Waals surface area contributed by atoms with E-state index in [9.17, 15) is 0 Å². The maximum Gasteiger partial charge on any atom is 0.124 e. The summed E-state index contributed by atoms with van der Waals surface area (Å²) in [7, 11) is 0. The van der Waals surface area contributed by atoms with E-state index < -0.39 is 0 Å². The van der Waals surface area contributed by atoms with Gasteiger partial charge in [-0.1, -0.05) is 12.1 Å². The van der Waals surface area contributed by atoms with Gasteiger partial charge in [0.15, 0.2) is 0 Å². The van der Waals surface area contributed by atoms with Gasteiger partial charge in [0, 0.05) is 13.2 Å². The van der Waals surface area contributed by atoms with Crippen LogP contribution in [-0.4, -0.2) is 22.3 Å². The van der Waals surface area contributed by atoms with Crippen molar-refractivity contribution in [3.05, 3.63) is 30.1 Å². The lowest BCUT2D eigenvalue weighted by Gasteiger charge is -2.09. The molecule has 0 radical (unpaired) electrons. The highest BCUT2D eigenvalue weighted by Crippen LogP contribution is 2.18. The van der Waals surface area contributed by atoms with Crippen molar-refractivity contribution in [3.63, 3.8) is 0 Å². The molecule has 0 aliphatic heterocycles. The highest BCUT2D eigenvalue weighted by molar-refractivity contribution is 6.16. The Morgan fingerprint density at radius 3 is 2.79 bits per heavy atom. The molecule has 1 aromatic heterocycles. The molecule has 0 saturated carbocycles. The summed E-state index contributed by atoms with van der Waals surface area (Å²) in [6.45, 7) is 5.90. The average molecular weight is 281 g/mol. The second-order valence-corrected chi connectivity index (χ2v) is 5.20. The van der Waals surface area contributed by atoms with E-state index in [1.165, 1.54) is 5.52 Å². The van der Waals surface area contributed by atoms with Crippen molar-refractivity contribution in [2.24, 2.45) is 0 Å². The highest BCUT2D eigenvalue weighted by atomic mass is 35.5. The van der Waals surface area contributed by atoms with Crippen molar-refractivity contribution in [1.29, 1.82) is 0 Å². The number of hydrogen-bond acceptors (Lipinski definition) is 2. The van der Waals surface area contributed by atoms with Gasteiger partial charge in [0.05, 0.1) is 23.0 Å². The van der Waals surface area contributed by atoms with E-state index in [0.717, 1.165) is 37.3 Å². The Labute approximate surface area is 119 Å². The number of nitrogens with zero attached hydrogens (tertiary/aromatic N) is 2. The molecule has 0 spiro atoms. The predicted octanol–water partition coefficient (Wildman–Crippen LogP) is 3.98. The SMILES string of the molecule is CC(C)OCCCCn1c(CCl)nc2ccccc21. The van der Waals surface area contributed by atoms with Crippen LogP contribution in [0.1, 0.15) is 32.5 Å². The van der Waals surface area contributed by atoms with Crippen LogP contribution in [0, 0.1) is 0 Å². The third kappa shape index (κ3) is 3.71. The summed E-state index contributed by atoms with van der Waals surface area (Å²) in [5.74, 6) is 1.41. The lowest BCUT2D eigenvalue weighted by molar-refractivity contribution is 0.0754. The number of ether oxygens (including phenoxy) is 1. The second-order valence-electron chi connectivity index (χ2n) is 4.93. The first-order chi connectivity index (χ1) is 9.22. The number of halogens is 1. The summed E-state index contributed by atoms with van der Waals surface area (Å²) < 4.78 is 7.77. The van der Waals surface area contributed by atoms with Gasteiger partial charge in [-0.3, -0.25) is 0 Å². The fourth-order valence-corrected chi connectivity index (χ4v) is 2.37. The molecule has 0 saturated heterocycles. The first-order valence-corrected chi connectivity index (χ1v) is 7.37. The number of imidazole rings is 1. The molecular formula is C15H21ClN2O. The molecule has 0 amide bonds. The Bertz CT molecular complexity index is 522. The van der Waals surface area contributed by atoms with E-state index in [1.807, 2.05) is 18.2 Å². The zero-order valence-corrected chi connectivity index (χ0v) is 12.4. The molecule has 19 heavy (non-hydrogen) atoms. The topological polar surface area (TPSA) is 27.1 Å². The van der Waals surface area contributed by atoms with Crippen molar-refractivity contribution in [3.8, 4) is 0 Å². The van der Waals surface area contributed by atoms with E-state index in [-0.39, 0.29) is 0 Å². The van der Waals surface area contributed by atoms with Crippen LogP contribution < -0.4 is 0 Å². The number of alkyl halides is 1. The molecule has 3 nitrogen and oxygen atoms in total. The Morgan fingerprint density at radius 2 is 2.05 bits per heavy atom. The van der Waals surface area contributed by atoms with Gasteiger partial charge in [-0.2, -0.15) is 0 Å². The van der Waals surface area contributed by atoms with Crippen LogP contribution in [0.25, 0.3) is 11.0 Å². The molecule has 0 N–H and O–H groups in total. The zero-order valence-electron chi connectivity index (χ0n) is 11.6. The maximum atomic E-state index is 5.98. The van der Waals surface area contributed by atoms with E-state index >= 15 is 0 Å². The van der Waals surface area contributed by atoms with Gasteiger partial charge in [0.2, 0.25) is 0 Å². The molecule has 104 valence electrons. The molecular weight excluding hydrogens is 260 g/mol. The zero-order chi connectivity index (χ0) is 13.7. The van der Waals surface area contributed by atoms with Crippen LogP contribution in [0.15, 0.2) is 24.3 Å². The maximum absolute atomic E-state index is 5.98. The largest absolute Gasteiger partial charge is 0.379 e. The van der Waals surface area contributed by atoms with E-state index in [4.69, 9.17) is 16.3 Å². The van der Waals surface area contributed by atoms with E-state index in [2.05, 4.69) is 29.5 Å². The lowest BCUT2D eigenvalue weighted by atomic mass is 10.3. The Hall–Kier alpha value is -1.06. The summed E-state index contributed by atoms with van der Waals surface area (Å²) in [6, 6.07) is 8.18. The van der Waals surface area contributed by atoms with Crippen molar-refractivity contribution in [2.75, 3.05) is 6.61 Å². The molecule has 0 unspecified atom stereocenters. The molecule has 0 fully saturated rings. The minimum Gasteiger partial charge on any atom is -0.379 e. The van der Waals surface area contributed by atoms with Gasteiger partial charge in [-0.15, -0.1) is 11.6 Å². The minimum absolute atomic E-state index is 0.312. The molecule has 0 bridgehead atoms. The van der Waals surface area contributed by atoms with E-state index in [1.54, 1.807) is 0 Å². The first-order valence-electron chi connectivity index (χ1n) is 6.84. The van der Waals surface area contributed by atoms with Crippen LogP contribution >= 0.6 is 11.6 Å². The van der Waals surface area contributed by atoms with Gasteiger partial charge in [-0.25, -0.2) is 4.98 Å². The quantitative estimate of drug-likeness (QED) is 0.567. The summed E-state index contributed by atoms with van der Waals surface area (Å²) in [5, 5.41) is 0.